The Bertz CT molecular complexity index is 699. The first-order chi connectivity index (χ1) is 12.1. The minimum atomic E-state index is -0.638. The van der Waals surface area contributed by atoms with Gasteiger partial charge in [0.15, 0.2) is 0 Å². The van der Waals surface area contributed by atoms with Gasteiger partial charge in [-0.1, -0.05) is 62.4 Å². The second kappa shape index (κ2) is 9.47. The fourth-order valence-corrected chi connectivity index (χ4v) is 2.23. The van der Waals surface area contributed by atoms with E-state index in [0.717, 1.165) is 16.9 Å². The highest BCUT2D eigenvalue weighted by Gasteiger charge is 2.12. The third-order valence-corrected chi connectivity index (χ3v) is 3.49. The third-order valence-electron chi connectivity index (χ3n) is 3.49. The maximum atomic E-state index is 11.7. The Kier molecular flexibility index (Phi) is 7.01. The Hall–Kier alpha value is -2.82. The molecule has 0 aliphatic heterocycles. The summed E-state index contributed by atoms with van der Waals surface area (Å²) in [6.07, 6.45) is 0. The number of hydrogen-bond acceptors (Lipinski definition) is 3. The fraction of sp³-hybridized carbons (Fsp3) is 0.300. The number of rotatable bonds is 7. The Balaban J connectivity index is 1.83. The van der Waals surface area contributed by atoms with Crippen molar-refractivity contribution < 1.29 is 14.3 Å². The molecule has 0 aliphatic carbocycles. The summed E-state index contributed by atoms with van der Waals surface area (Å²) in [5, 5.41) is 5.14. The van der Waals surface area contributed by atoms with Crippen molar-refractivity contribution in [3.8, 4) is 16.9 Å². The van der Waals surface area contributed by atoms with Gasteiger partial charge >= 0.3 is 11.8 Å². The Morgan fingerprint density at radius 3 is 2.28 bits per heavy atom. The van der Waals surface area contributed by atoms with Crippen molar-refractivity contribution in [3.63, 3.8) is 0 Å². The van der Waals surface area contributed by atoms with Gasteiger partial charge in [0.05, 0.1) is 6.54 Å². The fourth-order valence-electron chi connectivity index (χ4n) is 2.23. The minimum absolute atomic E-state index is 0.261. The van der Waals surface area contributed by atoms with Gasteiger partial charge in [-0.2, -0.15) is 0 Å². The molecule has 0 saturated heterocycles. The minimum Gasteiger partial charge on any atom is -0.491 e. The number of ether oxygens (including phenoxy) is 1. The molecule has 25 heavy (non-hydrogen) atoms. The molecule has 0 aliphatic rings. The van der Waals surface area contributed by atoms with Crippen LogP contribution in [0.2, 0.25) is 0 Å². The molecular formula is C20H24N2O3. The molecule has 2 amide bonds. The molecule has 0 heterocycles. The van der Waals surface area contributed by atoms with Crippen LogP contribution in [0.1, 0.15) is 13.8 Å². The first-order valence-corrected chi connectivity index (χ1v) is 8.41. The zero-order valence-corrected chi connectivity index (χ0v) is 14.6. The van der Waals surface area contributed by atoms with Gasteiger partial charge in [-0.25, -0.2) is 0 Å². The number of hydrogen-bond donors (Lipinski definition) is 2. The number of carbonyl (C=O) groups excluding carboxylic acids is 2. The summed E-state index contributed by atoms with van der Waals surface area (Å²) in [5.74, 6) is -0.208. The smallest absolute Gasteiger partial charge is 0.309 e. The van der Waals surface area contributed by atoms with Crippen LogP contribution in [0.5, 0.6) is 5.75 Å². The van der Waals surface area contributed by atoms with Crippen molar-refractivity contribution >= 4 is 11.8 Å². The van der Waals surface area contributed by atoms with Crippen LogP contribution in [0.15, 0.2) is 54.6 Å². The van der Waals surface area contributed by atoms with Crippen LogP contribution >= 0.6 is 0 Å². The molecule has 0 unspecified atom stereocenters. The van der Waals surface area contributed by atoms with Gasteiger partial charge in [-0.3, -0.25) is 9.59 Å². The Morgan fingerprint density at radius 2 is 1.56 bits per heavy atom. The molecule has 5 nitrogen and oxygen atoms in total. The predicted octanol–water partition coefficient (Wildman–Crippen LogP) is 2.62. The van der Waals surface area contributed by atoms with E-state index in [1.54, 1.807) is 0 Å². The van der Waals surface area contributed by atoms with Crippen LogP contribution in [0.4, 0.5) is 0 Å². The molecule has 2 aromatic rings. The van der Waals surface area contributed by atoms with Crippen molar-refractivity contribution in [3.05, 3.63) is 54.6 Å². The summed E-state index contributed by atoms with van der Waals surface area (Å²) in [7, 11) is 0. The van der Waals surface area contributed by atoms with Crippen LogP contribution in [-0.2, 0) is 9.59 Å². The molecule has 5 heteroatoms. The van der Waals surface area contributed by atoms with Crippen molar-refractivity contribution in [1.29, 1.82) is 0 Å². The van der Waals surface area contributed by atoms with Crippen LogP contribution in [0, 0.1) is 5.92 Å². The molecule has 0 aromatic heterocycles. The molecule has 0 bridgehead atoms. The van der Waals surface area contributed by atoms with Crippen molar-refractivity contribution in [2.24, 2.45) is 5.92 Å². The van der Waals surface area contributed by atoms with Gasteiger partial charge in [0.25, 0.3) is 0 Å². The van der Waals surface area contributed by atoms with E-state index in [1.807, 2.05) is 68.4 Å². The molecule has 0 spiro atoms. The standard InChI is InChI=1S/C20H24N2O3/c1-15(2)14-22-20(24)19(23)21-12-13-25-18-11-7-6-10-17(18)16-8-4-3-5-9-16/h3-11,15H,12-14H2,1-2H3,(H,21,23)(H,22,24). The zero-order valence-electron chi connectivity index (χ0n) is 14.6. The summed E-state index contributed by atoms with van der Waals surface area (Å²) in [5.41, 5.74) is 2.05. The number of carbonyl (C=O) groups is 2. The number of amides is 2. The lowest BCUT2D eigenvalue weighted by atomic mass is 10.1. The summed E-state index contributed by atoms with van der Waals surface area (Å²) in [6.45, 7) is 4.96. The first-order valence-electron chi connectivity index (χ1n) is 8.41. The lowest BCUT2D eigenvalue weighted by Gasteiger charge is -2.12. The molecule has 0 fully saturated rings. The van der Waals surface area contributed by atoms with E-state index < -0.39 is 11.8 Å². The maximum Gasteiger partial charge on any atom is 0.309 e. The normalized spacial score (nSPS) is 10.4. The van der Waals surface area contributed by atoms with E-state index in [1.165, 1.54) is 0 Å². The first kappa shape index (κ1) is 18.5. The third kappa shape index (κ3) is 5.95. The highest BCUT2D eigenvalue weighted by molar-refractivity contribution is 6.35. The molecule has 132 valence electrons. The van der Waals surface area contributed by atoms with Gasteiger partial charge in [0, 0.05) is 12.1 Å². The average Bonchev–Trinajstić information content (AvgIpc) is 2.64. The zero-order chi connectivity index (χ0) is 18.1. The second-order valence-corrected chi connectivity index (χ2v) is 6.07. The van der Waals surface area contributed by atoms with Gasteiger partial charge in [-0.05, 0) is 17.5 Å². The van der Waals surface area contributed by atoms with Crippen LogP contribution in [0.3, 0.4) is 0 Å². The van der Waals surface area contributed by atoms with Crippen LogP contribution in [0.25, 0.3) is 11.1 Å². The summed E-state index contributed by atoms with van der Waals surface area (Å²) in [6, 6.07) is 17.7. The van der Waals surface area contributed by atoms with E-state index in [0.29, 0.717) is 12.5 Å². The average molecular weight is 340 g/mol. The molecule has 0 radical (unpaired) electrons. The number of para-hydroxylation sites is 1. The highest BCUT2D eigenvalue weighted by Crippen LogP contribution is 2.29. The van der Waals surface area contributed by atoms with Gasteiger partial charge in [-0.15, -0.1) is 0 Å². The van der Waals surface area contributed by atoms with Crippen molar-refractivity contribution in [2.75, 3.05) is 19.7 Å². The highest BCUT2D eigenvalue weighted by atomic mass is 16.5. The molecular weight excluding hydrogens is 316 g/mol. The topological polar surface area (TPSA) is 67.4 Å². The van der Waals surface area contributed by atoms with Gasteiger partial charge < -0.3 is 15.4 Å². The maximum absolute atomic E-state index is 11.7. The second-order valence-electron chi connectivity index (χ2n) is 6.07. The molecule has 0 atom stereocenters. The van der Waals surface area contributed by atoms with Gasteiger partial charge in [0.2, 0.25) is 0 Å². The molecule has 2 aromatic carbocycles. The number of benzene rings is 2. The van der Waals surface area contributed by atoms with E-state index >= 15 is 0 Å². The molecule has 2 rings (SSSR count). The summed E-state index contributed by atoms with van der Waals surface area (Å²) in [4.78, 5) is 23.3. The SMILES string of the molecule is CC(C)CNC(=O)C(=O)NCCOc1ccccc1-c1ccccc1. The van der Waals surface area contributed by atoms with Gasteiger partial charge in [0.1, 0.15) is 12.4 Å². The molecule has 2 N–H and O–H groups in total. The quantitative estimate of drug-likeness (QED) is 0.601. The largest absolute Gasteiger partial charge is 0.491 e. The summed E-state index contributed by atoms with van der Waals surface area (Å²) < 4.78 is 5.77. The van der Waals surface area contributed by atoms with Crippen molar-refractivity contribution in [2.45, 2.75) is 13.8 Å². The number of nitrogens with one attached hydrogen (secondary N) is 2. The van der Waals surface area contributed by atoms with E-state index in [-0.39, 0.29) is 13.2 Å². The molecule has 0 saturated carbocycles. The van der Waals surface area contributed by atoms with Crippen molar-refractivity contribution in [1.82, 2.24) is 10.6 Å². The van der Waals surface area contributed by atoms with E-state index in [9.17, 15) is 9.59 Å². The van der Waals surface area contributed by atoms with Crippen LogP contribution < -0.4 is 15.4 Å². The van der Waals surface area contributed by atoms with E-state index in [2.05, 4.69) is 10.6 Å². The summed E-state index contributed by atoms with van der Waals surface area (Å²) >= 11 is 0. The Labute approximate surface area is 148 Å². The predicted molar refractivity (Wildman–Crippen MR) is 98.2 cm³/mol. The Morgan fingerprint density at radius 1 is 0.920 bits per heavy atom. The van der Waals surface area contributed by atoms with Crippen LogP contribution in [-0.4, -0.2) is 31.5 Å². The lowest BCUT2D eigenvalue weighted by Crippen LogP contribution is -2.42. The lowest BCUT2D eigenvalue weighted by molar-refractivity contribution is -0.139. The van der Waals surface area contributed by atoms with E-state index in [4.69, 9.17) is 4.74 Å². The monoisotopic (exact) mass is 340 g/mol.